The Morgan fingerprint density at radius 3 is 2.44 bits per heavy atom. The molecule has 5 nitrogen and oxygen atoms in total. The summed E-state index contributed by atoms with van der Waals surface area (Å²) < 4.78 is 35.2. The van der Waals surface area contributed by atoms with Crippen LogP contribution in [0.15, 0.2) is 29.2 Å². The highest BCUT2D eigenvalue weighted by Crippen LogP contribution is 2.36. The lowest BCUT2D eigenvalue weighted by Gasteiger charge is -2.34. The van der Waals surface area contributed by atoms with Crippen molar-refractivity contribution in [2.75, 3.05) is 19.8 Å². The average molecular weight is 364 g/mol. The van der Waals surface area contributed by atoms with Crippen molar-refractivity contribution in [2.45, 2.75) is 49.2 Å². The zero-order valence-corrected chi connectivity index (χ0v) is 15.5. The lowest BCUT2D eigenvalue weighted by molar-refractivity contribution is -0.149. The highest BCUT2D eigenvalue weighted by atomic mass is 32.2. The van der Waals surface area contributed by atoms with Gasteiger partial charge in [0.05, 0.1) is 11.5 Å². The van der Waals surface area contributed by atoms with Gasteiger partial charge in [-0.15, -0.1) is 11.8 Å². The van der Waals surface area contributed by atoms with Gasteiger partial charge in [-0.25, -0.2) is 8.42 Å². The zero-order valence-electron chi connectivity index (χ0n) is 14.7. The summed E-state index contributed by atoms with van der Waals surface area (Å²) in [7, 11) is -3.87. The fourth-order valence-electron chi connectivity index (χ4n) is 2.94. The van der Waals surface area contributed by atoms with Crippen molar-refractivity contribution in [1.82, 2.24) is 0 Å². The van der Waals surface area contributed by atoms with Gasteiger partial charge in [0.2, 0.25) is 0 Å². The van der Waals surface area contributed by atoms with E-state index in [-0.39, 0.29) is 37.6 Å². The van der Waals surface area contributed by atoms with Gasteiger partial charge in [0.15, 0.2) is 14.6 Å². The Balaban J connectivity index is 2.32. The number of hydrogen-bond donors (Lipinski definition) is 0. The maximum absolute atomic E-state index is 13.2. The molecule has 1 aromatic rings. The Labute approximate surface area is 149 Å². The Morgan fingerprint density at radius 2 is 1.88 bits per heavy atom. The van der Waals surface area contributed by atoms with E-state index in [0.717, 1.165) is 18.4 Å². The number of esters is 1. The van der Waals surface area contributed by atoms with Crippen LogP contribution in [0.2, 0.25) is 0 Å². The van der Waals surface area contributed by atoms with Gasteiger partial charge in [-0.3, -0.25) is 4.79 Å². The number of aryl methyl sites for hydroxylation is 1. The van der Waals surface area contributed by atoms with E-state index in [1.807, 2.05) is 0 Å². The number of rotatable bonds is 6. The first-order chi connectivity index (χ1) is 12.0. The molecule has 0 atom stereocenters. The number of hydrogen-bond acceptors (Lipinski definition) is 5. The summed E-state index contributed by atoms with van der Waals surface area (Å²) in [4.78, 5) is 12.7. The van der Waals surface area contributed by atoms with Gasteiger partial charge in [0.1, 0.15) is 0 Å². The summed E-state index contributed by atoms with van der Waals surface area (Å²) in [5, 5.41) is 0. The molecule has 0 aromatic heterocycles. The quantitative estimate of drug-likeness (QED) is 0.573. The number of carbonyl (C=O) groups is 1. The van der Waals surface area contributed by atoms with E-state index in [2.05, 4.69) is 11.8 Å². The molecule has 0 saturated carbocycles. The average Bonchev–Trinajstić information content (AvgIpc) is 2.63. The number of sulfone groups is 1. The summed E-state index contributed by atoms with van der Waals surface area (Å²) in [6.07, 6.45) is 1.72. The minimum atomic E-state index is -3.87. The second-order valence-corrected chi connectivity index (χ2v) is 8.16. The Bertz CT molecular complexity index is 747. The van der Waals surface area contributed by atoms with Crippen LogP contribution in [0.5, 0.6) is 0 Å². The van der Waals surface area contributed by atoms with Gasteiger partial charge in [0, 0.05) is 32.5 Å². The standard InChI is InChI=1S/C19H24O5S/c1-3-5-6-7-16-8-10-17(11-9-16)25(21,22)19(18(20)24-4-2)12-14-23-15-13-19/h8-11H,4,6-7,12-15H2,1-2H3. The summed E-state index contributed by atoms with van der Waals surface area (Å²) >= 11 is 0. The summed E-state index contributed by atoms with van der Waals surface area (Å²) in [6, 6.07) is 6.70. The molecule has 0 aliphatic carbocycles. The Morgan fingerprint density at radius 1 is 1.24 bits per heavy atom. The highest BCUT2D eigenvalue weighted by molar-refractivity contribution is 7.93. The molecular formula is C19H24O5S. The van der Waals surface area contributed by atoms with Crippen LogP contribution in [0.4, 0.5) is 0 Å². The molecule has 0 N–H and O–H groups in total. The molecule has 0 bridgehead atoms. The third kappa shape index (κ3) is 4.05. The van der Waals surface area contributed by atoms with Crippen LogP contribution in [-0.4, -0.2) is 39.0 Å². The fourth-order valence-corrected chi connectivity index (χ4v) is 4.87. The predicted octanol–water partition coefficient (Wildman–Crippen LogP) is 2.53. The van der Waals surface area contributed by atoms with E-state index in [4.69, 9.17) is 9.47 Å². The summed E-state index contributed by atoms with van der Waals surface area (Å²) in [5.41, 5.74) is 1.01. The minimum absolute atomic E-state index is 0.113. The molecule has 1 saturated heterocycles. The van der Waals surface area contributed by atoms with Crippen molar-refractivity contribution < 1.29 is 22.7 Å². The molecule has 1 aliphatic rings. The second-order valence-electron chi connectivity index (χ2n) is 5.90. The van der Waals surface area contributed by atoms with E-state index in [9.17, 15) is 13.2 Å². The Kier molecular flexibility index (Phi) is 6.63. The molecule has 2 rings (SSSR count). The minimum Gasteiger partial charge on any atom is -0.465 e. The van der Waals surface area contributed by atoms with Crippen molar-refractivity contribution in [3.05, 3.63) is 29.8 Å². The van der Waals surface area contributed by atoms with Crippen LogP contribution in [0.3, 0.4) is 0 Å². The lowest BCUT2D eigenvalue weighted by atomic mass is 9.99. The van der Waals surface area contributed by atoms with Gasteiger partial charge in [-0.1, -0.05) is 12.1 Å². The molecule has 1 aromatic carbocycles. The van der Waals surface area contributed by atoms with Crippen molar-refractivity contribution in [2.24, 2.45) is 0 Å². The van der Waals surface area contributed by atoms with E-state index < -0.39 is 20.6 Å². The topological polar surface area (TPSA) is 69.7 Å². The van der Waals surface area contributed by atoms with Crippen molar-refractivity contribution in [3.8, 4) is 11.8 Å². The number of ether oxygens (including phenoxy) is 2. The lowest BCUT2D eigenvalue weighted by Crippen LogP contribution is -2.51. The fraction of sp³-hybridized carbons (Fsp3) is 0.526. The first kappa shape index (κ1) is 19.5. The molecule has 1 heterocycles. The summed E-state index contributed by atoms with van der Waals surface area (Å²) in [6.45, 7) is 4.07. The van der Waals surface area contributed by atoms with Crippen LogP contribution in [0.25, 0.3) is 0 Å². The van der Waals surface area contributed by atoms with Crippen LogP contribution in [0.1, 0.15) is 38.7 Å². The summed E-state index contributed by atoms with van der Waals surface area (Å²) in [5.74, 6) is 5.14. The number of carbonyl (C=O) groups excluding carboxylic acids is 1. The Hall–Kier alpha value is -1.84. The van der Waals surface area contributed by atoms with Gasteiger partial charge in [0.25, 0.3) is 0 Å². The van der Waals surface area contributed by atoms with E-state index in [0.29, 0.717) is 0 Å². The van der Waals surface area contributed by atoms with Crippen LogP contribution in [0, 0.1) is 11.8 Å². The van der Waals surface area contributed by atoms with Crippen molar-refractivity contribution >= 4 is 15.8 Å². The third-order valence-electron chi connectivity index (χ3n) is 4.41. The molecule has 1 fully saturated rings. The van der Waals surface area contributed by atoms with Gasteiger partial charge in [-0.05, 0) is 38.0 Å². The molecule has 0 spiro atoms. The molecule has 1 aliphatic heterocycles. The molecule has 136 valence electrons. The smallest absolute Gasteiger partial charge is 0.328 e. The van der Waals surface area contributed by atoms with E-state index in [1.54, 1.807) is 38.1 Å². The molecule has 0 unspecified atom stereocenters. The molecule has 0 amide bonds. The van der Waals surface area contributed by atoms with Crippen molar-refractivity contribution in [1.29, 1.82) is 0 Å². The predicted molar refractivity (Wildman–Crippen MR) is 94.8 cm³/mol. The molecule has 25 heavy (non-hydrogen) atoms. The second kappa shape index (κ2) is 8.50. The van der Waals surface area contributed by atoms with E-state index in [1.165, 1.54) is 0 Å². The highest BCUT2D eigenvalue weighted by Gasteiger charge is 2.53. The maximum Gasteiger partial charge on any atom is 0.328 e. The third-order valence-corrected chi connectivity index (χ3v) is 6.91. The molecular weight excluding hydrogens is 340 g/mol. The first-order valence-corrected chi connectivity index (χ1v) is 9.94. The van der Waals surface area contributed by atoms with Gasteiger partial charge >= 0.3 is 5.97 Å². The molecule has 6 heteroatoms. The zero-order chi connectivity index (χ0) is 18.3. The van der Waals surface area contributed by atoms with Crippen LogP contribution >= 0.6 is 0 Å². The largest absolute Gasteiger partial charge is 0.465 e. The molecule has 0 radical (unpaired) electrons. The van der Waals surface area contributed by atoms with E-state index >= 15 is 0 Å². The van der Waals surface area contributed by atoms with Crippen LogP contribution < -0.4 is 0 Å². The van der Waals surface area contributed by atoms with Gasteiger partial charge in [-0.2, -0.15) is 0 Å². The van der Waals surface area contributed by atoms with Crippen molar-refractivity contribution in [3.63, 3.8) is 0 Å². The van der Waals surface area contributed by atoms with Crippen LogP contribution in [-0.2, 0) is 30.5 Å². The normalized spacial score (nSPS) is 16.6. The monoisotopic (exact) mass is 364 g/mol. The van der Waals surface area contributed by atoms with Gasteiger partial charge < -0.3 is 9.47 Å². The first-order valence-electron chi connectivity index (χ1n) is 8.46. The number of benzene rings is 1. The maximum atomic E-state index is 13.2. The SMILES string of the molecule is CC#CCCc1ccc(S(=O)(=O)C2(C(=O)OCC)CCOCC2)cc1.